The third-order valence-electron chi connectivity index (χ3n) is 6.01. The molecule has 2 aromatic carbocycles. The molecule has 1 aliphatic rings. The molecule has 0 amide bonds. The lowest BCUT2D eigenvalue weighted by Gasteiger charge is -2.30. The summed E-state index contributed by atoms with van der Waals surface area (Å²) in [7, 11) is -3.69. The number of carboxylic acids is 1. The molecule has 2 aromatic rings. The molecular formula is C26H36N2O5S. The maximum Gasteiger partial charge on any atom is 0.337 e. The minimum absolute atomic E-state index is 0.188. The van der Waals surface area contributed by atoms with Crippen LogP contribution >= 0.6 is 0 Å². The number of carbonyl (C=O) groups is 1. The quantitative estimate of drug-likeness (QED) is 0.585. The number of benzene rings is 2. The van der Waals surface area contributed by atoms with Crippen molar-refractivity contribution in [1.29, 1.82) is 0 Å². The van der Waals surface area contributed by atoms with Gasteiger partial charge in [0.2, 0.25) is 0 Å². The number of carboxylic acid groups (broad SMARTS) is 1. The number of aryl methyl sites for hydroxylation is 1. The summed E-state index contributed by atoms with van der Waals surface area (Å²) in [5, 5.41) is 10.2. The van der Waals surface area contributed by atoms with Crippen molar-refractivity contribution >= 4 is 16.2 Å². The molecule has 0 radical (unpaired) electrons. The number of ether oxygens (including phenoxy) is 1. The number of aliphatic carboxylic acids is 1. The highest BCUT2D eigenvalue weighted by molar-refractivity contribution is 7.87. The molecule has 2 N–H and O–H groups in total. The summed E-state index contributed by atoms with van der Waals surface area (Å²) in [5.74, 6) is -1.07. The van der Waals surface area contributed by atoms with Crippen molar-refractivity contribution in [3.63, 3.8) is 0 Å². The van der Waals surface area contributed by atoms with E-state index in [1.54, 1.807) is 13.8 Å². The fraction of sp³-hybridized carbons (Fsp3) is 0.500. The van der Waals surface area contributed by atoms with Gasteiger partial charge < -0.3 is 9.84 Å². The fourth-order valence-electron chi connectivity index (χ4n) is 4.54. The summed E-state index contributed by atoms with van der Waals surface area (Å²) in [6, 6.07) is 7.71. The van der Waals surface area contributed by atoms with E-state index in [0.29, 0.717) is 5.56 Å². The number of fused-ring (bicyclic) bond motifs is 1. The molecule has 0 bridgehead atoms. The Morgan fingerprint density at radius 3 is 2.03 bits per heavy atom. The van der Waals surface area contributed by atoms with Crippen LogP contribution in [-0.4, -0.2) is 35.4 Å². The zero-order valence-electron chi connectivity index (χ0n) is 21.3. The van der Waals surface area contributed by atoms with Crippen LogP contribution < -0.4 is 4.72 Å². The van der Waals surface area contributed by atoms with Crippen LogP contribution in [-0.2, 0) is 32.8 Å². The second-order valence-corrected chi connectivity index (χ2v) is 12.1. The first-order valence-corrected chi connectivity index (χ1v) is 13.0. The molecule has 34 heavy (non-hydrogen) atoms. The Labute approximate surface area is 203 Å². The van der Waals surface area contributed by atoms with Crippen LogP contribution in [0.25, 0.3) is 11.1 Å². The van der Waals surface area contributed by atoms with E-state index < -0.39 is 27.9 Å². The largest absolute Gasteiger partial charge is 0.479 e. The smallest absolute Gasteiger partial charge is 0.337 e. The average molecular weight is 489 g/mol. The van der Waals surface area contributed by atoms with Gasteiger partial charge in [-0.2, -0.15) is 17.4 Å². The van der Waals surface area contributed by atoms with Crippen molar-refractivity contribution in [2.75, 3.05) is 0 Å². The van der Waals surface area contributed by atoms with Crippen molar-refractivity contribution in [3.8, 4) is 11.1 Å². The van der Waals surface area contributed by atoms with Crippen molar-refractivity contribution in [1.82, 2.24) is 9.03 Å². The van der Waals surface area contributed by atoms with E-state index >= 15 is 0 Å². The Balaban J connectivity index is 2.28. The molecule has 1 atom stereocenters. The van der Waals surface area contributed by atoms with Crippen LogP contribution in [0.4, 0.5) is 0 Å². The topological polar surface area (TPSA) is 95.9 Å². The highest BCUT2D eigenvalue weighted by Gasteiger charge is 2.38. The maximum absolute atomic E-state index is 12.9. The van der Waals surface area contributed by atoms with Crippen LogP contribution in [0.1, 0.15) is 74.1 Å². The molecule has 0 saturated heterocycles. The first-order chi connectivity index (χ1) is 15.6. The van der Waals surface area contributed by atoms with E-state index in [4.69, 9.17) is 4.74 Å². The van der Waals surface area contributed by atoms with Gasteiger partial charge in [0.15, 0.2) is 6.10 Å². The lowest BCUT2D eigenvalue weighted by molar-refractivity contribution is -0.160. The van der Waals surface area contributed by atoms with E-state index in [1.807, 2.05) is 65.8 Å². The zero-order chi connectivity index (χ0) is 25.6. The third-order valence-corrected chi connectivity index (χ3v) is 7.72. The molecule has 0 unspecified atom stereocenters. The molecule has 0 aliphatic carbocycles. The Morgan fingerprint density at radius 2 is 1.56 bits per heavy atom. The van der Waals surface area contributed by atoms with Crippen LogP contribution in [0, 0.1) is 20.8 Å². The summed E-state index contributed by atoms with van der Waals surface area (Å²) in [6.45, 7) is 15.3. The van der Waals surface area contributed by atoms with Crippen molar-refractivity contribution in [2.24, 2.45) is 0 Å². The lowest BCUT2D eigenvalue weighted by atomic mass is 9.83. The van der Waals surface area contributed by atoms with Crippen LogP contribution in [0.2, 0.25) is 0 Å². The van der Waals surface area contributed by atoms with Gasteiger partial charge in [0.1, 0.15) is 0 Å². The van der Waals surface area contributed by atoms with Gasteiger partial charge in [0.25, 0.3) is 10.2 Å². The normalized spacial score (nSPS) is 15.6. The summed E-state index contributed by atoms with van der Waals surface area (Å²) in [6.07, 6.45) is -1.19. The van der Waals surface area contributed by atoms with Gasteiger partial charge >= 0.3 is 5.97 Å². The first kappa shape index (κ1) is 26.3. The Kier molecular flexibility index (Phi) is 7.30. The van der Waals surface area contributed by atoms with Gasteiger partial charge in [0.05, 0.1) is 5.60 Å². The predicted molar refractivity (Wildman–Crippen MR) is 134 cm³/mol. The van der Waals surface area contributed by atoms with Crippen molar-refractivity contribution < 1.29 is 23.1 Å². The standard InChI is InChI=1S/C26H36N2O5S/c1-15(2)27-34(31,32)28-13-20-17(4)22(19-11-9-16(3)10-12-19)23(18(5)21(20)14-28)24(25(29)30)33-26(6,7)8/h9-12,15,24,27H,13-14H2,1-8H3,(H,29,30)/t24-/m0/s1. The second-order valence-electron chi connectivity index (χ2n) is 10.4. The monoisotopic (exact) mass is 488 g/mol. The number of rotatable bonds is 7. The SMILES string of the molecule is Cc1ccc(-c2c(C)c3c(c(C)c2[C@H](OC(C)(C)C)C(=O)O)CN(S(=O)(=O)NC(C)C)C3)cc1. The maximum atomic E-state index is 12.9. The van der Waals surface area contributed by atoms with E-state index in [9.17, 15) is 18.3 Å². The highest BCUT2D eigenvalue weighted by Crippen LogP contribution is 2.44. The van der Waals surface area contributed by atoms with Crippen LogP contribution in [0.15, 0.2) is 24.3 Å². The van der Waals surface area contributed by atoms with Gasteiger partial charge in [-0.05, 0) is 88.8 Å². The zero-order valence-corrected chi connectivity index (χ0v) is 22.1. The van der Waals surface area contributed by atoms with Crippen LogP contribution in [0.5, 0.6) is 0 Å². The Hall–Kier alpha value is -2.26. The minimum atomic E-state index is -3.69. The van der Waals surface area contributed by atoms with Gasteiger partial charge in [0, 0.05) is 24.7 Å². The molecular weight excluding hydrogens is 452 g/mol. The fourth-order valence-corrected chi connectivity index (χ4v) is 5.88. The first-order valence-electron chi connectivity index (χ1n) is 11.5. The van der Waals surface area contributed by atoms with E-state index in [-0.39, 0.29) is 19.1 Å². The molecule has 8 heteroatoms. The van der Waals surface area contributed by atoms with Gasteiger partial charge in [-0.25, -0.2) is 4.79 Å². The van der Waals surface area contributed by atoms with Crippen LogP contribution in [0.3, 0.4) is 0 Å². The lowest BCUT2D eigenvalue weighted by Crippen LogP contribution is -2.40. The molecule has 0 fully saturated rings. The minimum Gasteiger partial charge on any atom is -0.479 e. The molecule has 1 heterocycles. The number of nitrogens with zero attached hydrogens (tertiary/aromatic N) is 1. The molecule has 3 rings (SSSR count). The molecule has 1 aliphatic heterocycles. The van der Waals surface area contributed by atoms with Gasteiger partial charge in [-0.15, -0.1) is 0 Å². The van der Waals surface area contributed by atoms with Gasteiger partial charge in [-0.1, -0.05) is 29.8 Å². The number of hydrogen-bond acceptors (Lipinski definition) is 4. The number of hydrogen-bond donors (Lipinski definition) is 2. The molecule has 186 valence electrons. The van der Waals surface area contributed by atoms with Gasteiger partial charge in [-0.3, -0.25) is 0 Å². The van der Waals surface area contributed by atoms with Crippen molar-refractivity contribution in [2.45, 2.75) is 86.2 Å². The summed E-state index contributed by atoms with van der Waals surface area (Å²) in [4.78, 5) is 12.5. The molecule has 0 aromatic heterocycles. The van der Waals surface area contributed by atoms with E-state index in [1.165, 1.54) is 4.31 Å². The van der Waals surface area contributed by atoms with E-state index in [2.05, 4.69) is 4.72 Å². The average Bonchev–Trinajstić information content (AvgIpc) is 3.15. The third kappa shape index (κ3) is 5.35. The molecule has 0 spiro atoms. The predicted octanol–water partition coefficient (Wildman–Crippen LogP) is 4.78. The Morgan fingerprint density at radius 1 is 1.03 bits per heavy atom. The number of nitrogens with one attached hydrogen (secondary N) is 1. The molecule has 7 nitrogen and oxygen atoms in total. The molecule has 0 saturated carbocycles. The summed E-state index contributed by atoms with van der Waals surface area (Å²) < 4.78 is 36.0. The summed E-state index contributed by atoms with van der Waals surface area (Å²) >= 11 is 0. The second kappa shape index (κ2) is 9.41. The van der Waals surface area contributed by atoms with Crippen molar-refractivity contribution in [3.05, 3.63) is 57.6 Å². The highest BCUT2D eigenvalue weighted by atomic mass is 32.2. The van der Waals surface area contributed by atoms with E-state index in [0.717, 1.165) is 38.9 Å². The summed E-state index contributed by atoms with van der Waals surface area (Å²) in [5.41, 5.74) is 6.08. The Bertz CT molecular complexity index is 1200.